The Bertz CT molecular complexity index is 1400. The summed E-state index contributed by atoms with van der Waals surface area (Å²) >= 11 is 0. The summed E-state index contributed by atoms with van der Waals surface area (Å²) in [5, 5.41) is 11.3. The van der Waals surface area contributed by atoms with Gasteiger partial charge in [0.2, 0.25) is 5.91 Å². The summed E-state index contributed by atoms with van der Waals surface area (Å²) in [6.07, 6.45) is -2.04. The number of carbonyl (C=O) groups is 5. The topological polar surface area (TPSA) is 149 Å². The minimum Gasteiger partial charge on any atom is -0.481 e. The molecule has 13 heteroatoms. The van der Waals surface area contributed by atoms with Gasteiger partial charge in [0.05, 0.1) is 31.2 Å². The van der Waals surface area contributed by atoms with Crippen LogP contribution in [0.25, 0.3) is 0 Å². The number of alkyl halides is 3. The third-order valence-electron chi connectivity index (χ3n) is 6.26. The number of allylic oxidation sites excluding steroid dienone is 1. The molecule has 0 aliphatic rings. The Morgan fingerprint density at radius 1 is 1.02 bits per heavy atom. The minimum absolute atomic E-state index is 0.0227. The van der Waals surface area contributed by atoms with Crippen LogP contribution < -0.4 is 10.9 Å². The van der Waals surface area contributed by atoms with Crippen LogP contribution in [0.1, 0.15) is 55.7 Å². The number of nitrogens with one attached hydrogen (secondary N) is 1. The lowest BCUT2D eigenvalue weighted by Crippen LogP contribution is -2.42. The molecule has 0 spiro atoms. The molecule has 232 valence electrons. The summed E-state index contributed by atoms with van der Waals surface area (Å²) in [4.78, 5) is 73.2. The van der Waals surface area contributed by atoms with Gasteiger partial charge in [-0.05, 0) is 43.9 Å². The molecule has 1 amide bonds. The van der Waals surface area contributed by atoms with Crippen molar-refractivity contribution in [1.29, 1.82) is 0 Å². The van der Waals surface area contributed by atoms with Crippen molar-refractivity contribution in [1.82, 2.24) is 9.88 Å². The molecule has 0 saturated heterocycles. The van der Waals surface area contributed by atoms with E-state index in [0.29, 0.717) is 0 Å². The van der Waals surface area contributed by atoms with Crippen LogP contribution in [-0.4, -0.2) is 51.7 Å². The lowest BCUT2D eigenvalue weighted by molar-refractivity contribution is -0.139. The highest BCUT2D eigenvalue weighted by Crippen LogP contribution is 2.32. The Labute approximate surface area is 245 Å². The molecule has 0 radical (unpaired) electrons. The maximum Gasteiger partial charge on any atom is 0.416 e. The number of halogens is 3. The number of carbonyl (C=O) groups excluding carboxylic acids is 4. The van der Waals surface area contributed by atoms with Crippen molar-refractivity contribution in [2.24, 2.45) is 0 Å². The highest BCUT2D eigenvalue weighted by molar-refractivity contribution is 5.91. The Morgan fingerprint density at radius 2 is 1.72 bits per heavy atom. The molecule has 1 aromatic heterocycles. The fourth-order valence-corrected chi connectivity index (χ4v) is 4.15. The molecule has 10 nitrogen and oxygen atoms in total. The van der Waals surface area contributed by atoms with E-state index in [1.165, 1.54) is 48.7 Å². The number of esters is 1. The van der Waals surface area contributed by atoms with Gasteiger partial charge in [-0.1, -0.05) is 30.3 Å². The van der Waals surface area contributed by atoms with Gasteiger partial charge in [0.15, 0.2) is 11.6 Å². The number of Topliss-reactive ketones (excluding diaryl/α,β-unsaturated/α-hetero) is 2. The summed E-state index contributed by atoms with van der Waals surface area (Å²) in [7, 11) is 0. The third kappa shape index (κ3) is 12.1. The minimum atomic E-state index is -4.57. The van der Waals surface area contributed by atoms with Crippen LogP contribution in [-0.2, 0) is 54.3 Å². The number of aromatic nitrogens is 1. The molecule has 1 heterocycles. The molecule has 0 unspecified atom stereocenters. The SMILES string of the molecule is CCOC(=O)/C=C/CC[C@H](NC(=O)CCC(=O)O)C(=O)Cc1cccn(CC(=O)CCc2ccccc2C(F)(F)F)c1=O. The number of carboxylic acid groups (broad SMARTS) is 1. The molecule has 2 rings (SSSR count). The number of aryl methyl sites for hydroxylation is 1. The van der Waals surface area contributed by atoms with Crippen molar-refractivity contribution in [3.8, 4) is 0 Å². The number of hydrogen-bond acceptors (Lipinski definition) is 7. The molecule has 0 fully saturated rings. The molecule has 43 heavy (non-hydrogen) atoms. The van der Waals surface area contributed by atoms with Crippen molar-refractivity contribution >= 4 is 29.4 Å². The lowest BCUT2D eigenvalue weighted by Gasteiger charge is -2.17. The van der Waals surface area contributed by atoms with Gasteiger partial charge in [-0.25, -0.2) is 4.79 Å². The van der Waals surface area contributed by atoms with E-state index in [4.69, 9.17) is 9.84 Å². The third-order valence-corrected chi connectivity index (χ3v) is 6.26. The van der Waals surface area contributed by atoms with Crippen LogP contribution in [0, 0.1) is 0 Å². The molecule has 1 aromatic carbocycles. The second-order valence-corrected chi connectivity index (χ2v) is 9.55. The lowest BCUT2D eigenvalue weighted by atomic mass is 10.00. The number of benzene rings is 1. The molecule has 0 aliphatic heterocycles. The Morgan fingerprint density at radius 3 is 2.40 bits per heavy atom. The zero-order valence-electron chi connectivity index (χ0n) is 23.5. The number of pyridine rings is 1. The van der Waals surface area contributed by atoms with Gasteiger partial charge in [-0.15, -0.1) is 0 Å². The van der Waals surface area contributed by atoms with Gasteiger partial charge < -0.3 is 19.7 Å². The molecule has 0 saturated carbocycles. The molecule has 2 aromatic rings. The van der Waals surface area contributed by atoms with E-state index in [9.17, 15) is 41.9 Å². The number of ether oxygens (including phenoxy) is 1. The fraction of sp³-hybridized carbons (Fsp3) is 0.400. The molecule has 1 atom stereocenters. The van der Waals surface area contributed by atoms with Gasteiger partial charge in [-0.2, -0.15) is 13.2 Å². The number of hydrogen-bond donors (Lipinski definition) is 2. The second kappa shape index (κ2) is 16.8. The summed E-state index contributed by atoms with van der Waals surface area (Å²) in [5.41, 5.74) is -1.50. The van der Waals surface area contributed by atoms with E-state index in [1.54, 1.807) is 6.92 Å². The van der Waals surface area contributed by atoms with E-state index in [2.05, 4.69) is 5.32 Å². The molecule has 0 bridgehead atoms. The largest absolute Gasteiger partial charge is 0.481 e. The molecule has 2 N–H and O–H groups in total. The van der Waals surface area contributed by atoms with Gasteiger partial charge in [0.1, 0.15) is 0 Å². The van der Waals surface area contributed by atoms with Gasteiger partial charge in [0, 0.05) is 37.1 Å². The van der Waals surface area contributed by atoms with Crippen molar-refractivity contribution in [2.45, 2.75) is 70.6 Å². The van der Waals surface area contributed by atoms with Crippen LogP contribution in [0.15, 0.2) is 59.5 Å². The van der Waals surface area contributed by atoms with E-state index < -0.39 is 72.1 Å². The average Bonchev–Trinajstić information content (AvgIpc) is 2.94. The summed E-state index contributed by atoms with van der Waals surface area (Å²) in [5.74, 6) is -3.50. The van der Waals surface area contributed by atoms with Crippen LogP contribution in [0.2, 0.25) is 0 Å². The first-order valence-electron chi connectivity index (χ1n) is 13.5. The molecule has 0 aliphatic carbocycles. The van der Waals surface area contributed by atoms with Gasteiger partial charge in [-0.3, -0.25) is 24.0 Å². The molecular weight excluding hydrogens is 573 g/mol. The van der Waals surface area contributed by atoms with Crippen LogP contribution in [0.3, 0.4) is 0 Å². The van der Waals surface area contributed by atoms with Gasteiger partial charge in [0.25, 0.3) is 5.56 Å². The predicted octanol–water partition coefficient (Wildman–Crippen LogP) is 3.43. The first-order valence-corrected chi connectivity index (χ1v) is 13.5. The first-order chi connectivity index (χ1) is 20.3. The zero-order valence-corrected chi connectivity index (χ0v) is 23.5. The first kappa shape index (κ1) is 34.7. The van der Waals surface area contributed by atoms with E-state index in [1.807, 2.05) is 0 Å². The Kier molecular flexibility index (Phi) is 13.5. The number of aliphatic carboxylic acids is 1. The summed E-state index contributed by atoms with van der Waals surface area (Å²) < 4.78 is 45.6. The van der Waals surface area contributed by atoms with Crippen molar-refractivity contribution < 1.29 is 47.0 Å². The smallest absolute Gasteiger partial charge is 0.416 e. The van der Waals surface area contributed by atoms with Crippen molar-refractivity contribution in [2.75, 3.05) is 6.61 Å². The van der Waals surface area contributed by atoms with Crippen LogP contribution in [0.4, 0.5) is 13.2 Å². The average molecular weight is 607 g/mol. The normalized spacial score (nSPS) is 12.1. The van der Waals surface area contributed by atoms with Crippen molar-refractivity contribution in [3.05, 3.63) is 81.8 Å². The number of ketones is 2. The maximum absolute atomic E-state index is 13.2. The van der Waals surface area contributed by atoms with E-state index >= 15 is 0 Å². The predicted molar refractivity (Wildman–Crippen MR) is 148 cm³/mol. The number of amides is 1. The number of rotatable bonds is 17. The van der Waals surface area contributed by atoms with Gasteiger partial charge >= 0.3 is 18.1 Å². The van der Waals surface area contributed by atoms with E-state index in [-0.39, 0.29) is 49.8 Å². The summed E-state index contributed by atoms with van der Waals surface area (Å²) in [6.45, 7) is 1.40. The quantitative estimate of drug-likeness (QED) is 0.206. The standard InChI is InChI=1S/C30H33F3N2O8/c1-2-43-28(41)12-6-5-11-24(34-26(38)15-16-27(39)40)25(37)18-21-9-7-17-35(29(21)42)19-22(36)14-13-20-8-3-4-10-23(20)30(31,32)33/h3-4,6-10,12,17,24H,2,5,11,13-16,18-19H2,1H3,(H,34,38)(H,39,40)/b12-6+/t24-/m0/s1. The second-order valence-electron chi connectivity index (χ2n) is 9.55. The van der Waals surface area contributed by atoms with Crippen molar-refractivity contribution in [3.63, 3.8) is 0 Å². The van der Waals surface area contributed by atoms with Crippen LogP contribution >= 0.6 is 0 Å². The summed E-state index contributed by atoms with van der Waals surface area (Å²) in [6, 6.07) is 6.65. The highest BCUT2D eigenvalue weighted by Gasteiger charge is 2.32. The molecular formula is C30H33F3N2O8. The van der Waals surface area contributed by atoms with E-state index in [0.717, 1.165) is 10.6 Å². The fourth-order valence-electron chi connectivity index (χ4n) is 4.15. The zero-order chi connectivity index (χ0) is 32.0. The number of carboxylic acids is 1. The number of nitrogens with zero attached hydrogens (tertiary/aromatic N) is 1. The Balaban J connectivity index is 2.10. The highest BCUT2D eigenvalue weighted by atomic mass is 19.4. The van der Waals surface area contributed by atoms with Crippen LogP contribution in [0.5, 0.6) is 0 Å². The Hall–Kier alpha value is -4.55. The monoisotopic (exact) mass is 606 g/mol. The maximum atomic E-state index is 13.2.